The fourth-order valence-electron chi connectivity index (χ4n) is 2.73. The summed E-state index contributed by atoms with van der Waals surface area (Å²) in [6.45, 7) is 2.31. The lowest BCUT2D eigenvalue weighted by Gasteiger charge is -1.97. The molecule has 0 aromatic carbocycles. The van der Waals surface area contributed by atoms with Crippen LogP contribution in [0.2, 0.25) is 0 Å². The Kier molecular flexibility index (Phi) is 1.28. The van der Waals surface area contributed by atoms with Crippen LogP contribution in [0.4, 0.5) is 0 Å². The third kappa shape index (κ3) is 0.798. The van der Waals surface area contributed by atoms with Gasteiger partial charge in [0.15, 0.2) is 0 Å². The van der Waals surface area contributed by atoms with Crippen LogP contribution >= 0.6 is 0 Å². The first-order valence-corrected chi connectivity index (χ1v) is 4.43. The predicted molar refractivity (Wildman–Crippen MR) is 39.2 cm³/mol. The highest BCUT2D eigenvalue weighted by molar-refractivity contribution is 5.00. The van der Waals surface area contributed by atoms with Gasteiger partial charge in [-0.2, -0.15) is 0 Å². The summed E-state index contributed by atoms with van der Waals surface area (Å²) in [4.78, 5) is 0. The van der Waals surface area contributed by atoms with Gasteiger partial charge in [0.2, 0.25) is 0 Å². The molecule has 0 amide bonds. The van der Waals surface area contributed by atoms with Gasteiger partial charge >= 0.3 is 0 Å². The Bertz CT molecular complexity index is 96.6. The summed E-state index contributed by atoms with van der Waals surface area (Å²) in [5, 5.41) is 0. The summed E-state index contributed by atoms with van der Waals surface area (Å²) in [5.41, 5.74) is 0. The number of hydrogen-bond acceptors (Lipinski definition) is 0. The quantitative estimate of drug-likeness (QED) is 0.531. The minimum absolute atomic E-state index is 1.18. The van der Waals surface area contributed by atoms with Crippen LogP contribution in [0.5, 0.6) is 0 Å². The van der Waals surface area contributed by atoms with Crippen molar-refractivity contribution in [2.24, 2.45) is 17.8 Å². The SMILES string of the molecule is CCCC1C2CCCC12. The molecule has 0 aromatic heterocycles. The smallest absolute Gasteiger partial charge is 0.0352 e. The van der Waals surface area contributed by atoms with Crippen molar-refractivity contribution in [2.45, 2.75) is 39.0 Å². The van der Waals surface area contributed by atoms with Gasteiger partial charge in [0.25, 0.3) is 0 Å². The summed E-state index contributed by atoms with van der Waals surface area (Å²) < 4.78 is 0. The van der Waals surface area contributed by atoms with Gasteiger partial charge < -0.3 is 0 Å². The molecule has 0 bridgehead atoms. The second kappa shape index (κ2) is 2.00. The van der Waals surface area contributed by atoms with Gasteiger partial charge in [-0.05, 0) is 30.6 Å². The maximum Gasteiger partial charge on any atom is -0.0352 e. The summed E-state index contributed by atoms with van der Waals surface area (Å²) in [5.74, 6) is 3.58. The van der Waals surface area contributed by atoms with Crippen LogP contribution in [0, 0.1) is 17.8 Å². The number of hydrogen-bond donors (Lipinski definition) is 0. The molecule has 0 aromatic rings. The molecule has 2 saturated carbocycles. The summed E-state index contributed by atoms with van der Waals surface area (Å²) in [7, 11) is 0. The molecular formula is C9H16. The highest BCUT2D eigenvalue weighted by atomic mass is 14.6. The molecule has 2 aliphatic carbocycles. The van der Waals surface area contributed by atoms with E-state index in [1.54, 1.807) is 12.8 Å². The van der Waals surface area contributed by atoms with E-state index in [2.05, 4.69) is 6.92 Å². The average Bonchev–Trinajstić information content (AvgIpc) is 2.39. The Labute approximate surface area is 57.6 Å². The third-order valence-corrected chi connectivity index (χ3v) is 3.21. The Morgan fingerprint density at radius 1 is 1.22 bits per heavy atom. The van der Waals surface area contributed by atoms with Crippen LogP contribution in [-0.4, -0.2) is 0 Å². The normalized spacial score (nSPS) is 47.0. The van der Waals surface area contributed by atoms with E-state index in [1.807, 2.05) is 0 Å². The van der Waals surface area contributed by atoms with Crippen molar-refractivity contribution in [3.63, 3.8) is 0 Å². The Balaban J connectivity index is 1.81. The molecule has 0 heterocycles. The van der Waals surface area contributed by atoms with E-state index >= 15 is 0 Å². The van der Waals surface area contributed by atoms with E-state index in [0.717, 1.165) is 0 Å². The van der Waals surface area contributed by atoms with Crippen molar-refractivity contribution in [2.75, 3.05) is 0 Å². The van der Waals surface area contributed by atoms with Crippen LogP contribution in [0.25, 0.3) is 0 Å². The molecule has 0 spiro atoms. The Hall–Kier alpha value is 0. The molecule has 2 aliphatic rings. The Morgan fingerprint density at radius 3 is 2.44 bits per heavy atom. The fraction of sp³-hybridized carbons (Fsp3) is 1.00. The first-order chi connectivity index (χ1) is 4.43. The highest BCUT2D eigenvalue weighted by Crippen LogP contribution is 2.59. The summed E-state index contributed by atoms with van der Waals surface area (Å²) in [6, 6.07) is 0. The van der Waals surface area contributed by atoms with E-state index in [4.69, 9.17) is 0 Å². The maximum absolute atomic E-state index is 2.31. The van der Waals surface area contributed by atoms with Gasteiger partial charge in [0, 0.05) is 0 Å². The zero-order valence-electron chi connectivity index (χ0n) is 6.27. The molecule has 2 atom stereocenters. The molecule has 0 heteroatoms. The first-order valence-electron chi connectivity index (χ1n) is 4.43. The zero-order valence-corrected chi connectivity index (χ0v) is 6.27. The lowest BCUT2D eigenvalue weighted by molar-refractivity contribution is 0.546. The molecule has 2 fully saturated rings. The van der Waals surface area contributed by atoms with Gasteiger partial charge in [-0.3, -0.25) is 0 Å². The molecule has 0 aliphatic heterocycles. The number of rotatable bonds is 2. The lowest BCUT2D eigenvalue weighted by atomic mass is 10.1. The van der Waals surface area contributed by atoms with E-state index in [-0.39, 0.29) is 0 Å². The van der Waals surface area contributed by atoms with E-state index in [1.165, 1.54) is 37.0 Å². The van der Waals surface area contributed by atoms with Crippen LogP contribution in [0.15, 0.2) is 0 Å². The van der Waals surface area contributed by atoms with Crippen molar-refractivity contribution in [3.05, 3.63) is 0 Å². The zero-order chi connectivity index (χ0) is 6.27. The van der Waals surface area contributed by atoms with Crippen molar-refractivity contribution < 1.29 is 0 Å². The van der Waals surface area contributed by atoms with Gasteiger partial charge in [0.05, 0.1) is 0 Å². The predicted octanol–water partition coefficient (Wildman–Crippen LogP) is 2.83. The van der Waals surface area contributed by atoms with Crippen molar-refractivity contribution in [3.8, 4) is 0 Å². The molecule has 2 unspecified atom stereocenters. The van der Waals surface area contributed by atoms with E-state index < -0.39 is 0 Å². The van der Waals surface area contributed by atoms with Gasteiger partial charge in [-0.25, -0.2) is 0 Å². The minimum atomic E-state index is 1.18. The molecule has 0 N–H and O–H groups in total. The molecule has 0 radical (unpaired) electrons. The fourth-order valence-corrected chi connectivity index (χ4v) is 2.73. The molecule has 0 nitrogen and oxygen atoms in total. The van der Waals surface area contributed by atoms with Crippen LogP contribution in [0.1, 0.15) is 39.0 Å². The first kappa shape index (κ1) is 5.76. The number of fused-ring (bicyclic) bond motifs is 1. The second-order valence-corrected chi connectivity index (χ2v) is 3.71. The second-order valence-electron chi connectivity index (χ2n) is 3.71. The maximum atomic E-state index is 2.31. The largest absolute Gasteiger partial charge is 0.0654 e. The van der Waals surface area contributed by atoms with E-state index in [9.17, 15) is 0 Å². The van der Waals surface area contributed by atoms with Crippen LogP contribution in [-0.2, 0) is 0 Å². The van der Waals surface area contributed by atoms with Gasteiger partial charge in [-0.1, -0.05) is 26.2 Å². The van der Waals surface area contributed by atoms with Crippen LogP contribution < -0.4 is 0 Å². The molecule has 0 saturated heterocycles. The third-order valence-electron chi connectivity index (χ3n) is 3.21. The molecular weight excluding hydrogens is 108 g/mol. The van der Waals surface area contributed by atoms with Crippen molar-refractivity contribution >= 4 is 0 Å². The summed E-state index contributed by atoms with van der Waals surface area (Å²) in [6.07, 6.45) is 7.60. The lowest BCUT2D eigenvalue weighted by Crippen LogP contribution is -1.85. The minimum Gasteiger partial charge on any atom is -0.0654 e. The molecule has 2 rings (SSSR count). The standard InChI is InChI=1S/C9H16/c1-2-4-7-8-5-3-6-9(7)8/h7-9H,2-6H2,1H3. The Morgan fingerprint density at radius 2 is 1.89 bits per heavy atom. The van der Waals surface area contributed by atoms with Crippen molar-refractivity contribution in [1.29, 1.82) is 0 Å². The molecule has 52 valence electrons. The topological polar surface area (TPSA) is 0 Å². The van der Waals surface area contributed by atoms with Crippen molar-refractivity contribution in [1.82, 2.24) is 0 Å². The van der Waals surface area contributed by atoms with Crippen LogP contribution in [0.3, 0.4) is 0 Å². The summed E-state index contributed by atoms with van der Waals surface area (Å²) >= 11 is 0. The monoisotopic (exact) mass is 124 g/mol. The highest BCUT2D eigenvalue weighted by Gasteiger charge is 2.51. The molecule has 9 heavy (non-hydrogen) atoms. The van der Waals surface area contributed by atoms with Gasteiger partial charge in [0.1, 0.15) is 0 Å². The van der Waals surface area contributed by atoms with E-state index in [0.29, 0.717) is 0 Å². The van der Waals surface area contributed by atoms with Gasteiger partial charge in [-0.15, -0.1) is 0 Å². The average molecular weight is 124 g/mol.